The lowest BCUT2D eigenvalue weighted by Crippen LogP contribution is -2.50. The van der Waals surface area contributed by atoms with E-state index in [4.69, 9.17) is 0 Å². The number of benzene rings is 1. The molecule has 5 nitrogen and oxygen atoms in total. The van der Waals surface area contributed by atoms with Crippen molar-refractivity contribution in [3.63, 3.8) is 0 Å². The van der Waals surface area contributed by atoms with Crippen molar-refractivity contribution in [1.29, 1.82) is 0 Å². The van der Waals surface area contributed by atoms with E-state index in [1.807, 2.05) is 4.90 Å². The Balaban J connectivity index is 1.16. The lowest BCUT2D eigenvalue weighted by molar-refractivity contribution is 0.133. The highest BCUT2D eigenvalue weighted by molar-refractivity contribution is 5.74. The van der Waals surface area contributed by atoms with E-state index in [1.165, 1.54) is 37.1 Å². The first kappa shape index (κ1) is 17.8. The highest BCUT2D eigenvalue weighted by Gasteiger charge is 2.28. The second-order valence-electron chi connectivity index (χ2n) is 7.99. The van der Waals surface area contributed by atoms with Crippen molar-refractivity contribution in [2.75, 3.05) is 45.8 Å². The summed E-state index contributed by atoms with van der Waals surface area (Å²) in [6.07, 6.45) is 6.09. The van der Waals surface area contributed by atoms with Gasteiger partial charge in [-0.05, 0) is 56.3 Å². The Bertz CT molecular complexity index is 606. The molecule has 3 aliphatic heterocycles. The Labute approximate surface area is 157 Å². The Kier molecular flexibility index (Phi) is 5.75. The molecule has 4 rings (SSSR count). The second kappa shape index (κ2) is 8.40. The molecule has 0 spiro atoms. The molecule has 1 aromatic carbocycles. The average Bonchev–Trinajstić information content (AvgIpc) is 3.23. The third-order valence-electron chi connectivity index (χ3n) is 6.32. The number of hydrogen-bond acceptors (Lipinski definition) is 3. The highest BCUT2D eigenvalue weighted by Crippen LogP contribution is 2.21. The molecule has 2 fully saturated rings. The number of carbonyl (C=O) groups excluding carboxylic acids is 1. The van der Waals surface area contributed by atoms with Gasteiger partial charge in [0.05, 0.1) is 0 Å². The molecule has 0 aromatic heterocycles. The summed E-state index contributed by atoms with van der Waals surface area (Å²) in [6, 6.07) is 9.54. The van der Waals surface area contributed by atoms with E-state index >= 15 is 0 Å². The predicted molar refractivity (Wildman–Crippen MR) is 104 cm³/mol. The molecule has 2 amide bonds. The van der Waals surface area contributed by atoms with E-state index in [0.29, 0.717) is 6.04 Å². The fraction of sp³-hybridized carbons (Fsp3) is 0.667. The molecule has 0 unspecified atom stereocenters. The van der Waals surface area contributed by atoms with Crippen LogP contribution in [0.3, 0.4) is 0 Å². The maximum atomic E-state index is 12.4. The van der Waals surface area contributed by atoms with Crippen molar-refractivity contribution in [3.8, 4) is 0 Å². The molecular weight excluding hydrogens is 324 g/mol. The van der Waals surface area contributed by atoms with Crippen LogP contribution in [0.5, 0.6) is 0 Å². The molecule has 0 radical (unpaired) electrons. The van der Waals surface area contributed by atoms with Gasteiger partial charge in [-0.25, -0.2) is 4.79 Å². The van der Waals surface area contributed by atoms with E-state index in [0.717, 1.165) is 58.5 Å². The molecule has 0 aliphatic carbocycles. The number of nitrogens with zero attached hydrogens (tertiary/aromatic N) is 3. The van der Waals surface area contributed by atoms with Gasteiger partial charge in [0.15, 0.2) is 0 Å². The van der Waals surface area contributed by atoms with Crippen molar-refractivity contribution < 1.29 is 4.79 Å². The summed E-state index contributed by atoms with van der Waals surface area (Å²) < 4.78 is 0. The molecule has 1 N–H and O–H groups in total. The van der Waals surface area contributed by atoms with E-state index in [-0.39, 0.29) is 6.03 Å². The first-order valence-electron chi connectivity index (χ1n) is 10.4. The molecule has 0 atom stereocenters. The van der Waals surface area contributed by atoms with Crippen LogP contribution in [0.1, 0.15) is 36.8 Å². The zero-order valence-corrected chi connectivity index (χ0v) is 15.8. The largest absolute Gasteiger partial charge is 0.337 e. The molecule has 26 heavy (non-hydrogen) atoms. The molecule has 2 saturated heterocycles. The maximum absolute atomic E-state index is 12.4. The smallest absolute Gasteiger partial charge is 0.317 e. The van der Waals surface area contributed by atoms with Crippen LogP contribution in [0.4, 0.5) is 4.79 Å². The number of urea groups is 1. The van der Waals surface area contributed by atoms with Crippen molar-refractivity contribution in [2.45, 2.75) is 44.7 Å². The molecule has 1 aromatic rings. The topological polar surface area (TPSA) is 38.8 Å². The monoisotopic (exact) mass is 356 g/mol. The zero-order valence-electron chi connectivity index (χ0n) is 15.8. The minimum Gasteiger partial charge on any atom is -0.337 e. The summed E-state index contributed by atoms with van der Waals surface area (Å²) >= 11 is 0. The van der Waals surface area contributed by atoms with Gasteiger partial charge >= 0.3 is 6.03 Å². The standard InChI is InChI=1S/C21H32N4O/c26-21(25-14-8-20(9-15-25)24-11-3-4-12-24)22-10-16-23-13-7-18-5-1-2-6-19(18)17-23/h1-2,5-6,20H,3-4,7-17H2,(H,22,26). The highest BCUT2D eigenvalue weighted by atomic mass is 16.2. The summed E-state index contributed by atoms with van der Waals surface area (Å²) in [5.74, 6) is 0. The summed E-state index contributed by atoms with van der Waals surface area (Å²) in [6.45, 7) is 8.11. The molecule has 5 heteroatoms. The van der Waals surface area contributed by atoms with Crippen molar-refractivity contribution in [3.05, 3.63) is 35.4 Å². The number of piperidine rings is 1. The summed E-state index contributed by atoms with van der Waals surface area (Å²) in [5, 5.41) is 3.14. The zero-order chi connectivity index (χ0) is 17.8. The van der Waals surface area contributed by atoms with Crippen molar-refractivity contribution in [2.24, 2.45) is 0 Å². The SMILES string of the molecule is O=C(NCCN1CCc2ccccc2C1)N1CCC(N2CCCC2)CC1. The van der Waals surface area contributed by atoms with Gasteiger partial charge in [0.2, 0.25) is 0 Å². The van der Waals surface area contributed by atoms with E-state index in [2.05, 4.69) is 39.4 Å². The number of rotatable bonds is 4. The number of amides is 2. The normalized spacial score (nSPS) is 22.4. The molecule has 3 heterocycles. The van der Waals surface area contributed by atoms with Gasteiger partial charge in [0.1, 0.15) is 0 Å². The van der Waals surface area contributed by atoms with Crippen molar-refractivity contribution in [1.82, 2.24) is 20.0 Å². The Morgan fingerprint density at radius 1 is 1.00 bits per heavy atom. The minimum absolute atomic E-state index is 0.127. The van der Waals surface area contributed by atoms with Crippen LogP contribution in [0.15, 0.2) is 24.3 Å². The molecule has 0 bridgehead atoms. The first-order valence-corrected chi connectivity index (χ1v) is 10.4. The number of carbonyl (C=O) groups is 1. The quantitative estimate of drug-likeness (QED) is 0.900. The number of fused-ring (bicyclic) bond motifs is 1. The van der Waals surface area contributed by atoms with Gasteiger partial charge in [-0.2, -0.15) is 0 Å². The van der Waals surface area contributed by atoms with Gasteiger partial charge in [0.25, 0.3) is 0 Å². The lowest BCUT2D eigenvalue weighted by Gasteiger charge is -2.36. The van der Waals surface area contributed by atoms with Gasteiger partial charge in [-0.15, -0.1) is 0 Å². The molecular formula is C21H32N4O. The third kappa shape index (κ3) is 4.21. The van der Waals surface area contributed by atoms with Crippen LogP contribution >= 0.6 is 0 Å². The second-order valence-corrected chi connectivity index (χ2v) is 7.99. The van der Waals surface area contributed by atoms with Crippen molar-refractivity contribution >= 4 is 6.03 Å². The van der Waals surface area contributed by atoms with Crippen LogP contribution in [-0.4, -0.2) is 72.6 Å². The lowest BCUT2D eigenvalue weighted by atomic mass is 10.00. The van der Waals surface area contributed by atoms with Gasteiger partial charge in [-0.3, -0.25) is 4.90 Å². The third-order valence-corrected chi connectivity index (χ3v) is 6.32. The van der Waals surface area contributed by atoms with E-state index in [1.54, 1.807) is 0 Å². The number of likely N-dealkylation sites (tertiary alicyclic amines) is 2. The number of nitrogens with one attached hydrogen (secondary N) is 1. The molecule has 0 saturated carbocycles. The fourth-order valence-electron chi connectivity index (χ4n) is 4.72. The predicted octanol–water partition coefficient (Wildman–Crippen LogP) is 2.31. The van der Waals surface area contributed by atoms with Crippen LogP contribution in [-0.2, 0) is 13.0 Å². The fourth-order valence-corrected chi connectivity index (χ4v) is 4.72. The summed E-state index contributed by atoms with van der Waals surface area (Å²) in [5.41, 5.74) is 2.92. The van der Waals surface area contributed by atoms with Crippen LogP contribution in [0, 0.1) is 0 Å². The minimum atomic E-state index is 0.127. The molecule has 3 aliphatic rings. The first-order chi connectivity index (χ1) is 12.8. The summed E-state index contributed by atoms with van der Waals surface area (Å²) in [7, 11) is 0. The van der Waals surface area contributed by atoms with Gasteiger partial charge in [0, 0.05) is 45.3 Å². The average molecular weight is 357 g/mol. The Morgan fingerprint density at radius 3 is 2.50 bits per heavy atom. The Hall–Kier alpha value is -1.59. The molecule has 142 valence electrons. The maximum Gasteiger partial charge on any atom is 0.317 e. The summed E-state index contributed by atoms with van der Waals surface area (Å²) in [4.78, 5) is 19.5. The van der Waals surface area contributed by atoms with E-state index < -0.39 is 0 Å². The van der Waals surface area contributed by atoms with E-state index in [9.17, 15) is 4.79 Å². The van der Waals surface area contributed by atoms with Crippen LogP contribution < -0.4 is 5.32 Å². The van der Waals surface area contributed by atoms with Crippen LogP contribution in [0.2, 0.25) is 0 Å². The van der Waals surface area contributed by atoms with Crippen LogP contribution in [0.25, 0.3) is 0 Å². The Morgan fingerprint density at radius 2 is 1.73 bits per heavy atom. The number of hydrogen-bond donors (Lipinski definition) is 1. The van der Waals surface area contributed by atoms with Gasteiger partial charge < -0.3 is 15.1 Å². The van der Waals surface area contributed by atoms with Gasteiger partial charge in [-0.1, -0.05) is 24.3 Å².